The van der Waals surface area contributed by atoms with E-state index in [4.69, 9.17) is 4.74 Å². The summed E-state index contributed by atoms with van der Waals surface area (Å²) in [6, 6.07) is 6.51. The summed E-state index contributed by atoms with van der Waals surface area (Å²) in [7, 11) is 4.06. The van der Waals surface area contributed by atoms with Gasteiger partial charge < -0.3 is 15.0 Å². The fourth-order valence-corrected chi connectivity index (χ4v) is 2.47. The molecule has 0 bridgehead atoms. The van der Waals surface area contributed by atoms with Crippen LogP contribution in [0.1, 0.15) is 6.92 Å². The van der Waals surface area contributed by atoms with Gasteiger partial charge in [0.2, 0.25) is 0 Å². The molecule has 1 aromatic rings. The largest absolute Gasteiger partial charge is 0.484 e. The molecule has 0 amide bonds. The lowest BCUT2D eigenvalue weighted by molar-refractivity contribution is 0.159. The van der Waals surface area contributed by atoms with Gasteiger partial charge in [-0.05, 0) is 42.0 Å². The summed E-state index contributed by atoms with van der Waals surface area (Å²) in [5, 5.41) is 3.17. The zero-order chi connectivity index (χ0) is 11.7. The zero-order valence-corrected chi connectivity index (χ0v) is 11.4. The first kappa shape index (κ1) is 11.7. The first-order valence-electron chi connectivity index (χ1n) is 5.47. The van der Waals surface area contributed by atoms with Crippen molar-refractivity contribution in [2.75, 3.05) is 25.5 Å². The molecule has 4 heteroatoms. The van der Waals surface area contributed by atoms with Crippen LogP contribution < -0.4 is 15.0 Å². The average molecular weight is 285 g/mol. The van der Waals surface area contributed by atoms with Gasteiger partial charge in [0.1, 0.15) is 6.10 Å². The number of rotatable bonds is 2. The molecule has 0 aliphatic carbocycles. The Labute approximate surface area is 105 Å². The minimum absolute atomic E-state index is 0.182. The molecule has 2 rings (SSSR count). The van der Waals surface area contributed by atoms with E-state index in [0.29, 0.717) is 6.04 Å². The van der Waals surface area contributed by atoms with Crippen LogP contribution in [0.2, 0.25) is 0 Å². The van der Waals surface area contributed by atoms with Gasteiger partial charge in [-0.2, -0.15) is 0 Å². The van der Waals surface area contributed by atoms with Gasteiger partial charge in [-0.3, -0.25) is 0 Å². The summed E-state index contributed by atoms with van der Waals surface area (Å²) < 4.78 is 7.05. The molecule has 0 spiro atoms. The molecule has 1 aliphatic rings. The number of halogens is 1. The molecule has 0 aromatic heterocycles. The molecule has 16 heavy (non-hydrogen) atoms. The van der Waals surface area contributed by atoms with Crippen LogP contribution >= 0.6 is 15.9 Å². The second-order valence-electron chi connectivity index (χ2n) is 4.15. The first-order valence-corrected chi connectivity index (χ1v) is 6.27. The van der Waals surface area contributed by atoms with Gasteiger partial charge in [0.05, 0.1) is 16.2 Å². The molecule has 1 aromatic carbocycles. The Balaban J connectivity index is 2.36. The molecule has 2 atom stereocenters. The highest BCUT2D eigenvalue weighted by Crippen LogP contribution is 2.40. The van der Waals surface area contributed by atoms with Gasteiger partial charge in [-0.1, -0.05) is 6.07 Å². The highest BCUT2D eigenvalue weighted by Gasteiger charge is 2.31. The SMILES string of the molecule is CNCC1Oc2c(Br)cccc2N(C)C1C. The van der Waals surface area contributed by atoms with Crippen LogP contribution in [-0.4, -0.2) is 32.8 Å². The van der Waals surface area contributed by atoms with Crippen molar-refractivity contribution in [3.63, 3.8) is 0 Å². The minimum Gasteiger partial charge on any atom is -0.484 e. The maximum Gasteiger partial charge on any atom is 0.157 e. The molecule has 2 unspecified atom stereocenters. The predicted molar refractivity (Wildman–Crippen MR) is 70.3 cm³/mol. The van der Waals surface area contributed by atoms with Gasteiger partial charge in [0.25, 0.3) is 0 Å². The normalized spacial score (nSPS) is 23.9. The number of para-hydroxylation sites is 1. The number of nitrogens with zero attached hydrogens (tertiary/aromatic N) is 1. The molecule has 1 aliphatic heterocycles. The zero-order valence-electron chi connectivity index (χ0n) is 9.83. The number of hydrogen-bond acceptors (Lipinski definition) is 3. The number of benzene rings is 1. The summed E-state index contributed by atoms with van der Waals surface area (Å²) in [5.41, 5.74) is 1.15. The summed E-state index contributed by atoms with van der Waals surface area (Å²) in [4.78, 5) is 2.27. The van der Waals surface area contributed by atoms with Gasteiger partial charge in [0.15, 0.2) is 5.75 Å². The van der Waals surface area contributed by atoms with Crippen molar-refractivity contribution in [1.82, 2.24) is 5.32 Å². The summed E-state index contributed by atoms with van der Waals surface area (Å²) >= 11 is 3.54. The Morgan fingerprint density at radius 3 is 2.94 bits per heavy atom. The van der Waals surface area contributed by atoms with E-state index in [9.17, 15) is 0 Å². The van der Waals surface area contributed by atoms with Crippen molar-refractivity contribution < 1.29 is 4.74 Å². The van der Waals surface area contributed by atoms with E-state index in [1.165, 1.54) is 0 Å². The predicted octanol–water partition coefficient (Wildman–Crippen LogP) is 2.25. The molecule has 0 saturated carbocycles. The minimum atomic E-state index is 0.182. The third-order valence-electron chi connectivity index (χ3n) is 3.15. The van der Waals surface area contributed by atoms with Gasteiger partial charge in [-0.25, -0.2) is 0 Å². The van der Waals surface area contributed by atoms with Crippen LogP contribution in [0.4, 0.5) is 5.69 Å². The van der Waals surface area contributed by atoms with Crippen molar-refractivity contribution in [2.24, 2.45) is 0 Å². The standard InChI is InChI=1S/C12H17BrN2O/c1-8-11(7-14-2)16-12-9(13)5-4-6-10(12)15(8)3/h4-6,8,11,14H,7H2,1-3H3. The quantitative estimate of drug-likeness (QED) is 0.902. The molecular formula is C12H17BrN2O. The van der Waals surface area contributed by atoms with E-state index in [0.717, 1.165) is 22.5 Å². The fourth-order valence-electron chi connectivity index (χ4n) is 2.02. The third kappa shape index (κ3) is 1.92. The maximum atomic E-state index is 6.03. The van der Waals surface area contributed by atoms with Crippen molar-refractivity contribution in [1.29, 1.82) is 0 Å². The Morgan fingerprint density at radius 2 is 2.25 bits per heavy atom. The van der Waals surface area contributed by atoms with Crippen LogP contribution in [0.5, 0.6) is 5.75 Å². The Kier molecular flexibility index (Phi) is 3.40. The molecule has 88 valence electrons. The van der Waals surface area contributed by atoms with E-state index in [2.05, 4.69) is 46.2 Å². The lowest BCUT2D eigenvalue weighted by atomic mass is 10.1. The molecule has 0 saturated heterocycles. The molecule has 1 N–H and O–H groups in total. The monoisotopic (exact) mass is 284 g/mol. The number of nitrogens with one attached hydrogen (secondary N) is 1. The highest BCUT2D eigenvalue weighted by molar-refractivity contribution is 9.10. The molecular weight excluding hydrogens is 268 g/mol. The smallest absolute Gasteiger partial charge is 0.157 e. The van der Waals surface area contributed by atoms with Crippen molar-refractivity contribution in [3.05, 3.63) is 22.7 Å². The summed E-state index contributed by atoms with van der Waals surface area (Å²) in [6.07, 6.45) is 0.182. The number of ether oxygens (including phenoxy) is 1. The number of likely N-dealkylation sites (N-methyl/N-ethyl adjacent to an activating group) is 2. The number of anilines is 1. The topological polar surface area (TPSA) is 24.5 Å². The highest BCUT2D eigenvalue weighted by atomic mass is 79.9. The van der Waals surface area contributed by atoms with Crippen LogP contribution in [0, 0.1) is 0 Å². The molecule has 0 radical (unpaired) electrons. The third-order valence-corrected chi connectivity index (χ3v) is 3.77. The van der Waals surface area contributed by atoms with Crippen LogP contribution in [0.15, 0.2) is 22.7 Å². The lowest BCUT2D eigenvalue weighted by Crippen LogP contribution is -2.50. The number of hydrogen-bond donors (Lipinski definition) is 1. The van der Waals surface area contributed by atoms with E-state index in [1.54, 1.807) is 0 Å². The molecule has 3 nitrogen and oxygen atoms in total. The van der Waals surface area contributed by atoms with Crippen LogP contribution in [-0.2, 0) is 0 Å². The average Bonchev–Trinajstić information content (AvgIpc) is 2.27. The van der Waals surface area contributed by atoms with Crippen LogP contribution in [0.25, 0.3) is 0 Å². The van der Waals surface area contributed by atoms with Crippen molar-refractivity contribution >= 4 is 21.6 Å². The van der Waals surface area contributed by atoms with E-state index in [-0.39, 0.29) is 6.10 Å². The molecule has 1 heterocycles. The van der Waals surface area contributed by atoms with Gasteiger partial charge in [0, 0.05) is 13.6 Å². The van der Waals surface area contributed by atoms with E-state index < -0.39 is 0 Å². The lowest BCUT2D eigenvalue weighted by Gasteiger charge is -2.40. The Morgan fingerprint density at radius 1 is 1.50 bits per heavy atom. The van der Waals surface area contributed by atoms with E-state index in [1.807, 2.05) is 19.2 Å². The first-order chi connectivity index (χ1) is 7.65. The fraction of sp³-hybridized carbons (Fsp3) is 0.500. The van der Waals surface area contributed by atoms with Crippen molar-refractivity contribution in [3.8, 4) is 5.75 Å². The number of fused-ring (bicyclic) bond motifs is 1. The van der Waals surface area contributed by atoms with Crippen molar-refractivity contribution in [2.45, 2.75) is 19.1 Å². The van der Waals surface area contributed by atoms with Gasteiger partial charge in [-0.15, -0.1) is 0 Å². The Hall–Kier alpha value is -0.740. The Bertz CT molecular complexity index is 383. The van der Waals surface area contributed by atoms with E-state index >= 15 is 0 Å². The maximum absolute atomic E-state index is 6.03. The second-order valence-corrected chi connectivity index (χ2v) is 5.01. The second kappa shape index (κ2) is 4.63. The summed E-state index contributed by atoms with van der Waals surface area (Å²) in [6.45, 7) is 3.04. The molecule has 0 fully saturated rings. The van der Waals surface area contributed by atoms with Crippen LogP contribution in [0.3, 0.4) is 0 Å². The van der Waals surface area contributed by atoms with Gasteiger partial charge >= 0.3 is 0 Å². The summed E-state index contributed by atoms with van der Waals surface area (Å²) in [5.74, 6) is 0.948.